The molecule has 124 valence electrons. The Balaban J connectivity index is 2.04. The van der Waals surface area contributed by atoms with Gasteiger partial charge in [-0.3, -0.25) is 14.0 Å². The van der Waals surface area contributed by atoms with Gasteiger partial charge in [-0.15, -0.1) is 11.3 Å². The standard InChI is InChI=1S/C16H17N5O2S/c1-2-3-5-10-8-12(20-16(23)11-6-4-7-24-11)21-9-18-13(14(17)22)15(21)19-10/h4,6-9H,2-3,5H2,1H3,(H2,17,22)(H,20,23). The second-order valence-electron chi connectivity index (χ2n) is 5.32. The van der Waals surface area contributed by atoms with E-state index in [1.807, 2.05) is 11.4 Å². The lowest BCUT2D eigenvalue weighted by molar-refractivity contribution is 0.0995. The van der Waals surface area contributed by atoms with E-state index in [9.17, 15) is 9.59 Å². The van der Waals surface area contributed by atoms with Crippen molar-refractivity contribution < 1.29 is 9.59 Å². The van der Waals surface area contributed by atoms with Crippen molar-refractivity contribution in [3.05, 3.63) is 46.2 Å². The van der Waals surface area contributed by atoms with Crippen LogP contribution in [0.3, 0.4) is 0 Å². The summed E-state index contributed by atoms with van der Waals surface area (Å²) in [4.78, 5) is 33.0. The van der Waals surface area contributed by atoms with Crippen LogP contribution in [0, 0.1) is 0 Å². The highest BCUT2D eigenvalue weighted by Gasteiger charge is 2.17. The van der Waals surface area contributed by atoms with Crippen molar-refractivity contribution in [2.45, 2.75) is 26.2 Å². The van der Waals surface area contributed by atoms with Crippen LogP contribution in [0.4, 0.5) is 5.82 Å². The molecule has 0 radical (unpaired) electrons. The van der Waals surface area contributed by atoms with E-state index >= 15 is 0 Å². The zero-order valence-corrected chi connectivity index (χ0v) is 14.0. The summed E-state index contributed by atoms with van der Waals surface area (Å²) >= 11 is 1.36. The summed E-state index contributed by atoms with van der Waals surface area (Å²) < 4.78 is 1.57. The monoisotopic (exact) mass is 343 g/mol. The lowest BCUT2D eigenvalue weighted by atomic mass is 10.2. The molecule has 3 N–H and O–H groups in total. The summed E-state index contributed by atoms with van der Waals surface area (Å²) in [5.41, 5.74) is 6.60. The summed E-state index contributed by atoms with van der Waals surface area (Å²) in [5, 5.41) is 4.70. The fraction of sp³-hybridized carbons (Fsp3) is 0.250. The molecule has 7 nitrogen and oxygen atoms in total. The first-order chi connectivity index (χ1) is 11.6. The summed E-state index contributed by atoms with van der Waals surface area (Å²) in [6.45, 7) is 2.09. The van der Waals surface area contributed by atoms with Gasteiger partial charge in [-0.2, -0.15) is 0 Å². The quantitative estimate of drug-likeness (QED) is 0.717. The van der Waals surface area contributed by atoms with Gasteiger partial charge in [0.15, 0.2) is 11.3 Å². The van der Waals surface area contributed by atoms with Crippen molar-refractivity contribution in [3.63, 3.8) is 0 Å². The Morgan fingerprint density at radius 2 is 2.25 bits per heavy atom. The Bertz CT molecular complexity index is 885. The SMILES string of the molecule is CCCCc1cc(NC(=O)c2cccs2)n2cnc(C(N)=O)c2n1. The number of imidazole rings is 1. The molecule has 8 heteroatoms. The van der Waals surface area contributed by atoms with Gasteiger partial charge in [0, 0.05) is 11.8 Å². The first-order valence-electron chi connectivity index (χ1n) is 7.61. The van der Waals surface area contributed by atoms with Crippen LogP contribution in [-0.2, 0) is 6.42 Å². The van der Waals surface area contributed by atoms with E-state index in [0.29, 0.717) is 16.3 Å². The number of rotatable bonds is 6. The Kier molecular flexibility index (Phi) is 4.57. The fourth-order valence-corrected chi connectivity index (χ4v) is 2.98. The maximum atomic E-state index is 12.3. The number of nitrogens with one attached hydrogen (secondary N) is 1. The van der Waals surface area contributed by atoms with Crippen molar-refractivity contribution in [2.75, 3.05) is 5.32 Å². The smallest absolute Gasteiger partial charge is 0.271 e. The van der Waals surface area contributed by atoms with Gasteiger partial charge in [0.2, 0.25) is 0 Å². The number of nitrogens with two attached hydrogens (primary N) is 1. The first-order valence-corrected chi connectivity index (χ1v) is 8.49. The van der Waals surface area contributed by atoms with Gasteiger partial charge < -0.3 is 11.1 Å². The van der Waals surface area contributed by atoms with Gasteiger partial charge >= 0.3 is 0 Å². The van der Waals surface area contributed by atoms with E-state index in [2.05, 4.69) is 22.2 Å². The largest absolute Gasteiger partial charge is 0.364 e. The highest BCUT2D eigenvalue weighted by molar-refractivity contribution is 7.12. The molecule has 3 aromatic heterocycles. The minimum atomic E-state index is -0.645. The van der Waals surface area contributed by atoms with Crippen molar-refractivity contribution in [2.24, 2.45) is 5.73 Å². The van der Waals surface area contributed by atoms with Crippen LogP contribution in [0.15, 0.2) is 29.9 Å². The number of aryl methyl sites for hydroxylation is 1. The summed E-state index contributed by atoms with van der Waals surface area (Å²) in [6.07, 6.45) is 4.17. The van der Waals surface area contributed by atoms with Crippen molar-refractivity contribution in [1.29, 1.82) is 0 Å². The molecule has 0 aliphatic heterocycles. The molecular formula is C16H17N5O2S. The van der Waals surface area contributed by atoms with E-state index < -0.39 is 5.91 Å². The van der Waals surface area contributed by atoms with E-state index in [-0.39, 0.29) is 11.6 Å². The normalized spacial score (nSPS) is 10.9. The van der Waals surface area contributed by atoms with Crippen molar-refractivity contribution in [3.8, 4) is 0 Å². The number of carbonyl (C=O) groups is 2. The summed E-state index contributed by atoms with van der Waals surface area (Å²) in [6, 6.07) is 5.37. The average Bonchev–Trinajstić information content (AvgIpc) is 3.22. The number of unbranched alkanes of at least 4 members (excludes halogenated alkanes) is 1. The Morgan fingerprint density at radius 3 is 2.92 bits per heavy atom. The molecule has 0 aromatic carbocycles. The zero-order chi connectivity index (χ0) is 17.1. The molecule has 24 heavy (non-hydrogen) atoms. The molecular weight excluding hydrogens is 326 g/mol. The van der Waals surface area contributed by atoms with Gasteiger partial charge in [-0.05, 0) is 24.3 Å². The third kappa shape index (κ3) is 3.13. The molecule has 0 bridgehead atoms. The molecule has 3 heterocycles. The Morgan fingerprint density at radius 1 is 1.42 bits per heavy atom. The first kappa shape index (κ1) is 16.1. The lowest BCUT2D eigenvalue weighted by Crippen LogP contribution is -2.15. The summed E-state index contributed by atoms with van der Waals surface area (Å²) in [5.74, 6) is -0.342. The van der Waals surface area contributed by atoms with Crippen LogP contribution in [0.1, 0.15) is 45.6 Å². The highest BCUT2D eigenvalue weighted by Crippen LogP contribution is 2.19. The van der Waals surface area contributed by atoms with Gasteiger partial charge in [0.05, 0.1) is 4.88 Å². The maximum Gasteiger partial charge on any atom is 0.271 e. The molecule has 0 saturated heterocycles. The minimum Gasteiger partial charge on any atom is -0.364 e. The number of amides is 2. The number of aromatic nitrogens is 3. The van der Waals surface area contributed by atoms with E-state index in [1.54, 1.807) is 16.5 Å². The number of fused-ring (bicyclic) bond motifs is 1. The summed E-state index contributed by atoms with van der Waals surface area (Å²) in [7, 11) is 0. The number of hydrogen-bond donors (Lipinski definition) is 2. The van der Waals surface area contributed by atoms with Crippen LogP contribution in [0.2, 0.25) is 0 Å². The molecule has 3 rings (SSSR count). The van der Waals surface area contributed by atoms with E-state index in [1.165, 1.54) is 17.7 Å². The predicted molar refractivity (Wildman–Crippen MR) is 92.4 cm³/mol. The number of anilines is 1. The molecule has 3 aromatic rings. The topological polar surface area (TPSA) is 102 Å². The van der Waals surface area contributed by atoms with Crippen LogP contribution in [0.5, 0.6) is 0 Å². The van der Waals surface area contributed by atoms with Crippen LogP contribution < -0.4 is 11.1 Å². The van der Waals surface area contributed by atoms with E-state index in [0.717, 1.165) is 25.0 Å². The van der Waals surface area contributed by atoms with Gasteiger partial charge in [-0.25, -0.2) is 9.97 Å². The predicted octanol–water partition coefficient (Wildman–Crippen LogP) is 2.48. The molecule has 0 atom stereocenters. The minimum absolute atomic E-state index is 0.0972. The fourth-order valence-electron chi connectivity index (χ4n) is 2.36. The number of hydrogen-bond acceptors (Lipinski definition) is 5. The molecule has 0 unspecified atom stereocenters. The van der Waals surface area contributed by atoms with Gasteiger partial charge in [0.1, 0.15) is 12.1 Å². The van der Waals surface area contributed by atoms with E-state index in [4.69, 9.17) is 5.73 Å². The van der Waals surface area contributed by atoms with Gasteiger partial charge in [0.25, 0.3) is 11.8 Å². The van der Waals surface area contributed by atoms with Crippen LogP contribution >= 0.6 is 11.3 Å². The number of nitrogens with zero attached hydrogens (tertiary/aromatic N) is 3. The molecule has 0 spiro atoms. The lowest BCUT2D eigenvalue weighted by Gasteiger charge is -2.10. The average molecular weight is 343 g/mol. The highest BCUT2D eigenvalue weighted by atomic mass is 32.1. The number of primary amides is 1. The van der Waals surface area contributed by atoms with Gasteiger partial charge in [-0.1, -0.05) is 19.4 Å². The van der Waals surface area contributed by atoms with Crippen LogP contribution in [-0.4, -0.2) is 26.2 Å². The molecule has 0 aliphatic carbocycles. The molecule has 0 saturated carbocycles. The Labute approximate surface area is 142 Å². The Hall–Kier alpha value is -2.74. The van der Waals surface area contributed by atoms with Crippen LogP contribution in [0.25, 0.3) is 5.65 Å². The molecule has 2 amide bonds. The zero-order valence-electron chi connectivity index (χ0n) is 13.2. The van der Waals surface area contributed by atoms with Crippen molar-refractivity contribution in [1.82, 2.24) is 14.4 Å². The molecule has 0 aliphatic rings. The number of carbonyl (C=O) groups excluding carboxylic acids is 2. The van der Waals surface area contributed by atoms with Crippen molar-refractivity contribution >= 4 is 34.6 Å². The number of thiophene rings is 1. The second-order valence-corrected chi connectivity index (χ2v) is 6.27. The molecule has 0 fully saturated rings. The third-order valence-corrected chi connectivity index (χ3v) is 4.43. The maximum absolute atomic E-state index is 12.3. The third-order valence-electron chi connectivity index (χ3n) is 3.56. The second kappa shape index (κ2) is 6.79.